The van der Waals surface area contributed by atoms with Gasteiger partial charge in [-0.05, 0) is 73.2 Å². The van der Waals surface area contributed by atoms with E-state index in [0.717, 1.165) is 56.3 Å². The highest BCUT2D eigenvalue weighted by Crippen LogP contribution is 2.25. The Morgan fingerprint density at radius 2 is 1.55 bits per heavy atom. The molecular weight excluding hydrogens is 548 g/mol. The summed E-state index contributed by atoms with van der Waals surface area (Å²) in [6.45, 7) is 3.72. The van der Waals surface area contributed by atoms with Crippen LogP contribution >= 0.6 is 0 Å². The number of nitrogens with one attached hydrogen (secondary N) is 3. The number of phenolic OH excluding ortho intramolecular Hbond substituents is 1. The molecule has 1 fully saturated rings. The molecule has 0 saturated heterocycles. The monoisotopic (exact) mass is 594 g/mol. The van der Waals surface area contributed by atoms with Crippen molar-refractivity contribution >= 4 is 16.8 Å². The summed E-state index contributed by atoms with van der Waals surface area (Å²) < 4.78 is 0. The Morgan fingerprint density at radius 3 is 2.36 bits per heavy atom. The van der Waals surface area contributed by atoms with Crippen LogP contribution in [0.3, 0.4) is 0 Å². The van der Waals surface area contributed by atoms with Gasteiger partial charge in [-0.1, -0.05) is 86.3 Å². The Bertz CT molecular complexity index is 1540. The smallest absolute Gasteiger partial charge is 0.248 e. The molecule has 5 rings (SSSR count). The zero-order valence-corrected chi connectivity index (χ0v) is 25.7. The first-order valence-corrected chi connectivity index (χ1v) is 16.3. The van der Waals surface area contributed by atoms with Gasteiger partial charge in [0.25, 0.3) is 0 Å². The van der Waals surface area contributed by atoms with E-state index >= 15 is 0 Å². The van der Waals surface area contributed by atoms with Gasteiger partial charge in [-0.2, -0.15) is 0 Å². The molecule has 0 aliphatic heterocycles. The average Bonchev–Trinajstić information content (AvgIpc) is 3.34. The number of rotatable bonds is 14. The quantitative estimate of drug-likeness (QED) is 0.109. The van der Waals surface area contributed by atoms with Gasteiger partial charge in [-0.25, -0.2) is 0 Å². The minimum absolute atomic E-state index is 0.0821. The third kappa shape index (κ3) is 8.80. The number of benzene rings is 3. The van der Waals surface area contributed by atoms with Gasteiger partial charge in [0, 0.05) is 43.5 Å². The molecule has 4 N–H and O–H groups in total. The summed E-state index contributed by atoms with van der Waals surface area (Å²) in [6.07, 6.45) is 9.29. The molecular formula is C37H46N4O3. The van der Waals surface area contributed by atoms with E-state index in [9.17, 15) is 14.7 Å². The zero-order valence-electron chi connectivity index (χ0n) is 25.7. The number of H-pyrrole nitrogens is 1. The molecule has 4 aromatic rings. The average molecular weight is 595 g/mol. The maximum atomic E-state index is 13.5. The molecule has 7 nitrogen and oxygen atoms in total. The molecule has 0 unspecified atom stereocenters. The number of hydrogen-bond donors (Lipinski definition) is 4. The molecule has 0 radical (unpaired) electrons. The van der Waals surface area contributed by atoms with Crippen molar-refractivity contribution in [1.29, 1.82) is 0 Å². The minimum atomic E-state index is -0.227. The highest BCUT2D eigenvalue weighted by atomic mass is 16.3. The van der Waals surface area contributed by atoms with E-state index in [4.69, 9.17) is 0 Å². The Balaban J connectivity index is 1.08. The Kier molecular flexibility index (Phi) is 11.6. The van der Waals surface area contributed by atoms with E-state index in [2.05, 4.69) is 69.0 Å². The van der Waals surface area contributed by atoms with Gasteiger partial charge in [0.2, 0.25) is 11.5 Å². The normalized spacial score (nSPS) is 14.0. The number of carbonyl (C=O) groups excluding carboxylic acids is 1. The van der Waals surface area contributed by atoms with Gasteiger partial charge < -0.3 is 25.6 Å². The number of carbonyl (C=O) groups is 1. The third-order valence-electron chi connectivity index (χ3n) is 8.79. The topological polar surface area (TPSA) is 97.5 Å². The third-order valence-corrected chi connectivity index (χ3v) is 8.79. The number of amides is 1. The summed E-state index contributed by atoms with van der Waals surface area (Å²) >= 11 is 0. The van der Waals surface area contributed by atoms with Crippen molar-refractivity contribution in [2.45, 2.75) is 63.8 Å². The minimum Gasteiger partial charge on any atom is -0.506 e. The fourth-order valence-corrected chi connectivity index (χ4v) is 6.38. The van der Waals surface area contributed by atoms with Crippen molar-refractivity contribution in [1.82, 2.24) is 20.5 Å². The van der Waals surface area contributed by atoms with Crippen molar-refractivity contribution in [2.24, 2.45) is 0 Å². The van der Waals surface area contributed by atoms with Crippen LogP contribution in [0.25, 0.3) is 22.0 Å². The van der Waals surface area contributed by atoms with Crippen LogP contribution < -0.4 is 16.2 Å². The Labute approximate surface area is 260 Å². The van der Waals surface area contributed by atoms with Gasteiger partial charge in [-0.15, -0.1) is 0 Å². The Hall–Kier alpha value is -3.94. The van der Waals surface area contributed by atoms with Gasteiger partial charge >= 0.3 is 0 Å². The van der Waals surface area contributed by atoms with Crippen molar-refractivity contribution in [3.05, 3.63) is 100 Å². The lowest BCUT2D eigenvalue weighted by Gasteiger charge is -2.32. The summed E-state index contributed by atoms with van der Waals surface area (Å²) in [5.41, 5.74) is 5.08. The van der Waals surface area contributed by atoms with Crippen LogP contribution in [-0.4, -0.2) is 59.7 Å². The molecule has 232 valence electrons. The molecule has 44 heavy (non-hydrogen) atoms. The van der Waals surface area contributed by atoms with E-state index in [-0.39, 0.29) is 17.2 Å². The molecule has 0 bridgehead atoms. The molecule has 1 aliphatic carbocycles. The number of pyridine rings is 1. The predicted octanol–water partition coefficient (Wildman–Crippen LogP) is 5.81. The largest absolute Gasteiger partial charge is 0.506 e. The number of aromatic amines is 1. The lowest BCUT2D eigenvalue weighted by Crippen LogP contribution is -2.45. The molecule has 1 amide bonds. The number of aromatic hydroxyl groups is 1. The van der Waals surface area contributed by atoms with E-state index in [1.807, 2.05) is 12.1 Å². The SMILES string of the molecule is O=C(CCNCCc1cccc(-c2ccccc2)c1)N(CCNCCc1ccc(O)c2[nH]c(=O)ccc12)C1CCCCCC1. The van der Waals surface area contributed by atoms with Crippen LogP contribution in [0.15, 0.2) is 83.7 Å². The summed E-state index contributed by atoms with van der Waals surface area (Å²) in [7, 11) is 0. The van der Waals surface area contributed by atoms with Gasteiger partial charge in [0.15, 0.2) is 0 Å². The van der Waals surface area contributed by atoms with Gasteiger partial charge in [0.05, 0.1) is 5.52 Å². The molecule has 7 heteroatoms. The van der Waals surface area contributed by atoms with Crippen LogP contribution in [-0.2, 0) is 17.6 Å². The second-order valence-corrected chi connectivity index (χ2v) is 11.9. The van der Waals surface area contributed by atoms with E-state index in [1.54, 1.807) is 12.1 Å². The van der Waals surface area contributed by atoms with Gasteiger partial charge in [0.1, 0.15) is 5.75 Å². The zero-order chi connectivity index (χ0) is 30.6. The summed E-state index contributed by atoms with van der Waals surface area (Å²) in [5.74, 6) is 0.324. The summed E-state index contributed by atoms with van der Waals surface area (Å²) in [4.78, 5) is 30.1. The lowest BCUT2D eigenvalue weighted by molar-refractivity contribution is -0.133. The fourth-order valence-electron chi connectivity index (χ4n) is 6.38. The van der Waals surface area contributed by atoms with E-state index < -0.39 is 0 Å². The van der Waals surface area contributed by atoms with Crippen LogP contribution in [0.2, 0.25) is 0 Å². The second-order valence-electron chi connectivity index (χ2n) is 11.9. The lowest BCUT2D eigenvalue weighted by atomic mass is 10.0. The first-order chi connectivity index (χ1) is 21.6. The molecule has 0 spiro atoms. The van der Waals surface area contributed by atoms with Gasteiger partial charge in [-0.3, -0.25) is 9.59 Å². The summed E-state index contributed by atoms with van der Waals surface area (Å²) in [6, 6.07) is 26.3. The van der Waals surface area contributed by atoms with Crippen LogP contribution in [0.1, 0.15) is 56.1 Å². The number of hydrogen-bond acceptors (Lipinski definition) is 5. The van der Waals surface area contributed by atoms with Crippen LogP contribution in [0.4, 0.5) is 0 Å². The number of fused-ring (bicyclic) bond motifs is 1. The molecule has 1 aliphatic rings. The maximum Gasteiger partial charge on any atom is 0.248 e. The first kappa shape index (κ1) is 31.5. The molecule has 1 heterocycles. The van der Waals surface area contributed by atoms with Crippen LogP contribution in [0, 0.1) is 0 Å². The van der Waals surface area contributed by atoms with E-state index in [0.29, 0.717) is 31.1 Å². The van der Waals surface area contributed by atoms with Crippen LogP contribution in [0.5, 0.6) is 5.75 Å². The van der Waals surface area contributed by atoms with Crippen molar-refractivity contribution < 1.29 is 9.90 Å². The second kappa shape index (κ2) is 16.2. The number of aromatic nitrogens is 1. The summed E-state index contributed by atoms with van der Waals surface area (Å²) in [5, 5.41) is 18.1. The molecule has 1 aromatic heterocycles. The number of phenols is 1. The van der Waals surface area contributed by atoms with E-state index in [1.165, 1.54) is 48.4 Å². The predicted molar refractivity (Wildman–Crippen MR) is 179 cm³/mol. The molecule has 0 atom stereocenters. The number of nitrogens with zero attached hydrogens (tertiary/aromatic N) is 1. The van der Waals surface area contributed by atoms with Crippen molar-refractivity contribution in [3.63, 3.8) is 0 Å². The Morgan fingerprint density at radius 1 is 0.795 bits per heavy atom. The standard InChI is InChI=1S/C37H46N4O3/c42-34-17-15-30(33-16-18-35(43)40-37(33)34)20-23-39-25-26-41(32-13-6-1-2-7-14-32)36(44)21-24-38-22-19-28-9-8-12-31(27-28)29-10-4-3-5-11-29/h3-5,8-12,15-18,27,32,38-39,42H,1-2,6-7,13-14,19-26H2,(H,40,43). The van der Waals surface area contributed by atoms with Crippen molar-refractivity contribution in [2.75, 3.05) is 32.7 Å². The fraction of sp³-hybridized carbons (Fsp3) is 0.405. The molecule has 1 saturated carbocycles. The highest BCUT2D eigenvalue weighted by molar-refractivity contribution is 5.87. The molecule has 3 aromatic carbocycles. The maximum absolute atomic E-state index is 13.5. The van der Waals surface area contributed by atoms with Crippen molar-refractivity contribution in [3.8, 4) is 16.9 Å². The first-order valence-electron chi connectivity index (χ1n) is 16.3. The highest BCUT2D eigenvalue weighted by Gasteiger charge is 2.24.